The highest BCUT2D eigenvalue weighted by Crippen LogP contribution is 2.37. The molecule has 4 unspecified atom stereocenters. The zero-order valence-electron chi connectivity index (χ0n) is 6.88. The van der Waals surface area contributed by atoms with Crippen molar-refractivity contribution < 1.29 is 0 Å². The monoisotopic (exact) mass is 176 g/mol. The van der Waals surface area contributed by atoms with Crippen molar-refractivity contribution in [2.45, 2.75) is 38.0 Å². The molecule has 60 valence electrons. The van der Waals surface area contributed by atoms with Gasteiger partial charge in [0.05, 0.1) is 0 Å². The lowest BCUT2D eigenvalue weighted by Gasteiger charge is -2.35. The summed E-state index contributed by atoms with van der Waals surface area (Å²) >= 11 is 0. The Morgan fingerprint density at radius 1 is 1.00 bits per heavy atom. The maximum Gasteiger partial charge on any atom is -0.0230 e. The van der Waals surface area contributed by atoms with Crippen LogP contribution in [0.3, 0.4) is 0 Å². The molecule has 0 aromatic rings. The van der Waals surface area contributed by atoms with E-state index in [2.05, 4.69) is 32.3 Å². The third-order valence-electron chi connectivity index (χ3n) is 2.70. The lowest BCUT2D eigenvalue weighted by Crippen LogP contribution is -2.30. The van der Waals surface area contributed by atoms with E-state index >= 15 is 0 Å². The summed E-state index contributed by atoms with van der Waals surface area (Å²) in [5.41, 5.74) is 1.71. The van der Waals surface area contributed by atoms with Crippen molar-refractivity contribution in [2.75, 3.05) is 0 Å². The van der Waals surface area contributed by atoms with Crippen LogP contribution in [0.2, 0.25) is 0 Å². The molecule has 0 radical (unpaired) electrons. The highest BCUT2D eigenvalue weighted by Gasteiger charge is 2.27. The molecule has 1 aliphatic rings. The molecule has 1 aliphatic carbocycles. The summed E-state index contributed by atoms with van der Waals surface area (Å²) in [5, 5.41) is 0. The van der Waals surface area contributed by atoms with Gasteiger partial charge in [0, 0.05) is 0 Å². The Balaban J connectivity index is 2.49. The average Bonchev–Trinajstić information content (AvgIpc) is 1.82. The van der Waals surface area contributed by atoms with Gasteiger partial charge < -0.3 is 0 Å². The molecule has 0 aliphatic heterocycles. The summed E-state index contributed by atoms with van der Waals surface area (Å²) in [6.45, 7) is 4.72. The van der Waals surface area contributed by atoms with E-state index in [4.69, 9.17) is 0 Å². The maximum atomic E-state index is 2.98. The molecule has 1 saturated carbocycles. The van der Waals surface area contributed by atoms with Crippen LogP contribution >= 0.6 is 18.5 Å². The molecule has 0 heterocycles. The van der Waals surface area contributed by atoms with Crippen LogP contribution in [-0.2, 0) is 0 Å². The topological polar surface area (TPSA) is 0 Å². The van der Waals surface area contributed by atoms with Crippen LogP contribution in [0, 0.1) is 11.8 Å². The Bertz CT molecular complexity index is 102. The molecular formula is C8H18P2. The van der Waals surface area contributed by atoms with E-state index in [0.717, 1.165) is 23.2 Å². The zero-order valence-corrected chi connectivity index (χ0v) is 9.19. The van der Waals surface area contributed by atoms with E-state index in [9.17, 15) is 0 Å². The minimum atomic E-state index is 0.853. The lowest BCUT2D eigenvalue weighted by molar-refractivity contribution is 0.328. The van der Waals surface area contributed by atoms with Crippen LogP contribution in [0.25, 0.3) is 0 Å². The van der Waals surface area contributed by atoms with Crippen LogP contribution in [0.15, 0.2) is 0 Å². The highest BCUT2D eigenvalue weighted by molar-refractivity contribution is 7.19. The van der Waals surface area contributed by atoms with Gasteiger partial charge >= 0.3 is 0 Å². The molecule has 1 rings (SSSR count). The third-order valence-corrected chi connectivity index (χ3v) is 4.46. The molecule has 1 fully saturated rings. The lowest BCUT2D eigenvalue weighted by atomic mass is 9.83. The summed E-state index contributed by atoms with van der Waals surface area (Å²) in [4.78, 5) is 0. The van der Waals surface area contributed by atoms with Gasteiger partial charge in [-0.25, -0.2) is 0 Å². The molecule has 4 atom stereocenters. The first-order chi connectivity index (χ1) is 4.61. The average molecular weight is 176 g/mol. The molecule has 10 heavy (non-hydrogen) atoms. The summed E-state index contributed by atoms with van der Waals surface area (Å²) in [5.74, 6) is 1.81. The number of rotatable bonds is 0. The van der Waals surface area contributed by atoms with Gasteiger partial charge in [0.1, 0.15) is 0 Å². The van der Waals surface area contributed by atoms with E-state index in [0.29, 0.717) is 0 Å². The minimum absolute atomic E-state index is 0.853. The predicted octanol–water partition coefficient (Wildman–Crippen LogP) is 2.54. The summed E-state index contributed by atoms with van der Waals surface area (Å²) in [7, 11) is 5.96. The van der Waals surface area contributed by atoms with Crippen molar-refractivity contribution in [3.63, 3.8) is 0 Å². The van der Waals surface area contributed by atoms with E-state index in [1.54, 1.807) is 0 Å². The molecule has 0 aromatic carbocycles. The molecule has 0 spiro atoms. The second-order valence-corrected chi connectivity index (χ2v) is 5.48. The van der Waals surface area contributed by atoms with Crippen LogP contribution < -0.4 is 0 Å². The van der Waals surface area contributed by atoms with Gasteiger partial charge in [0.2, 0.25) is 0 Å². The molecule has 0 aromatic heterocycles. The molecular weight excluding hydrogens is 158 g/mol. The second kappa shape index (κ2) is 3.51. The molecule has 0 saturated heterocycles. The van der Waals surface area contributed by atoms with Crippen LogP contribution in [-0.4, -0.2) is 11.3 Å². The highest BCUT2D eigenvalue weighted by atomic mass is 31.0. The molecule has 0 amide bonds. The van der Waals surface area contributed by atoms with Crippen molar-refractivity contribution in [1.82, 2.24) is 0 Å². The van der Waals surface area contributed by atoms with E-state index < -0.39 is 0 Å². The van der Waals surface area contributed by atoms with Crippen molar-refractivity contribution >= 4 is 18.5 Å². The zero-order chi connectivity index (χ0) is 7.72. The van der Waals surface area contributed by atoms with Crippen molar-refractivity contribution in [3.05, 3.63) is 0 Å². The Hall–Kier alpha value is 0.860. The van der Waals surface area contributed by atoms with Crippen molar-refractivity contribution in [1.29, 1.82) is 0 Å². The van der Waals surface area contributed by atoms with Gasteiger partial charge in [0.15, 0.2) is 0 Å². The molecule has 0 nitrogen and oxygen atoms in total. The Morgan fingerprint density at radius 2 is 1.40 bits per heavy atom. The van der Waals surface area contributed by atoms with Gasteiger partial charge in [-0.3, -0.25) is 0 Å². The van der Waals surface area contributed by atoms with Crippen LogP contribution in [0.1, 0.15) is 26.7 Å². The predicted molar refractivity (Wildman–Crippen MR) is 54.6 cm³/mol. The second-order valence-electron chi connectivity index (χ2n) is 3.76. The van der Waals surface area contributed by atoms with Gasteiger partial charge in [-0.1, -0.05) is 13.8 Å². The fraction of sp³-hybridized carbons (Fsp3) is 1.00. The first-order valence-electron chi connectivity index (χ1n) is 4.12. The van der Waals surface area contributed by atoms with E-state index in [-0.39, 0.29) is 0 Å². The maximum absolute atomic E-state index is 2.98. The molecule has 2 heteroatoms. The van der Waals surface area contributed by atoms with Gasteiger partial charge in [0.25, 0.3) is 0 Å². The number of hydrogen-bond donors (Lipinski definition) is 0. The van der Waals surface area contributed by atoms with Gasteiger partial charge in [-0.15, -0.1) is 18.5 Å². The first-order valence-corrected chi connectivity index (χ1v) is 5.45. The number of hydrogen-bond acceptors (Lipinski definition) is 0. The fourth-order valence-corrected chi connectivity index (χ4v) is 3.53. The van der Waals surface area contributed by atoms with E-state index in [1.165, 1.54) is 12.8 Å². The quantitative estimate of drug-likeness (QED) is 0.497. The fourth-order valence-electron chi connectivity index (χ4n) is 1.77. The summed E-state index contributed by atoms with van der Waals surface area (Å²) in [6, 6.07) is 0. The summed E-state index contributed by atoms with van der Waals surface area (Å²) < 4.78 is 0. The molecule has 0 N–H and O–H groups in total. The molecule has 0 bridgehead atoms. The van der Waals surface area contributed by atoms with Crippen LogP contribution in [0.4, 0.5) is 0 Å². The largest absolute Gasteiger partial charge is 0.134 e. The van der Waals surface area contributed by atoms with Crippen molar-refractivity contribution in [2.24, 2.45) is 11.8 Å². The van der Waals surface area contributed by atoms with E-state index in [1.807, 2.05) is 0 Å². The first kappa shape index (κ1) is 8.95. The Kier molecular flexibility index (Phi) is 3.14. The van der Waals surface area contributed by atoms with Crippen LogP contribution in [0.5, 0.6) is 0 Å². The van der Waals surface area contributed by atoms with Crippen molar-refractivity contribution in [3.8, 4) is 0 Å². The smallest absolute Gasteiger partial charge is 0.0230 e. The van der Waals surface area contributed by atoms with Gasteiger partial charge in [-0.2, -0.15) is 0 Å². The Labute approximate surface area is 68.9 Å². The standard InChI is InChI=1S/C8H18P2/c1-5-3-7(9)6(2)8(10)4-5/h5-8H,3-4,9-10H2,1-2H3. The SMILES string of the molecule is CC1CC(P)C(C)C(P)C1. The minimum Gasteiger partial charge on any atom is -0.134 e. The summed E-state index contributed by atoms with van der Waals surface area (Å²) in [6.07, 6.45) is 2.80. The normalized spacial score (nSPS) is 49.2. The van der Waals surface area contributed by atoms with Gasteiger partial charge in [-0.05, 0) is 36.0 Å². The Morgan fingerprint density at radius 3 is 1.80 bits per heavy atom. The third kappa shape index (κ3) is 1.93.